The Morgan fingerprint density at radius 2 is 1.90 bits per heavy atom. The average Bonchev–Trinajstić information content (AvgIpc) is 2.76. The van der Waals surface area contributed by atoms with Gasteiger partial charge in [-0.2, -0.15) is 0 Å². The second-order valence-electron chi connectivity index (χ2n) is 6.75. The number of nitrogens with one attached hydrogen (secondary N) is 2. The molecule has 2 heterocycles. The molecule has 0 fully saturated rings. The summed E-state index contributed by atoms with van der Waals surface area (Å²) >= 11 is 0. The van der Waals surface area contributed by atoms with Gasteiger partial charge in [-0.1, -0.05) is 30.3 Å². The molecule has 8 heteroatoms. The van der Waals surface area contributed by atoms with E-state index in [1.165, 1.54) is 0 Å². The molecule has 152 valence electrons. The lowest BCUT2D eigenvalue weighted by Crippen LogP contribution is -2.40. The molecule has 30 heavy (non-hydrogen) atoms. The number of hydrogen-bond donors (Lipinski definition) is 2. The molecule has 0 saturated heterocycles. The summed E-state index contributed by atoms with van der Waals surface area (Å²) in [5.41, 5.74) is 0.139. The van der Waals surface area contributed by atoms with E-state index in [9.17, 15) is 14.4 Å². The molecular weight excluding hydrogens is 384 g/mol. The number of amides is 1. The van der Waals surface area contributed by atoms with E-state index in [2.05, 4.69) is 15.3 Å². The van der Waals surface area contributed by atoms with Crippen LogP contribution in [0.15, 0.2) is 70.4 Å². The SMILES string of the molecule is O=C(Cn1c(=O)[nH]c2ccccc2c1=O)NCCCOc1cccc2cccnc12. The van der Waals surface area contributed by atoms with Crippen LogP contribution in [0.1, 0.15) is 6.42 Å². The number of nitrogens with zero attached hydrogens (tertiary/aromatic N) is 2. The third-order valence-electron chi connectivity index (χ3n) is 4.69. The summed E-state index contributed by atoms with van der Waals surface area (Å²) in [5.74, 6) is 0.276. The van der Waals surface area contributed by atoms with Crippen molar-refractivity contribution in [1.29, 1.82) is 0 Å². The van der Waals surface area contributed by atoms with Gasteiger partial charge in [-0.25, -0.2) is 4.79 Å². The molecule has 0 atom stereocenters. The van der Waals surface area contributed by atoms with Crippen LogP contribution in [0.3, 0.4) is 0 Å². The van der Waals surface area contributed by atoms with Crippen LogP contribution in [0.5, 0.6) is 5.75 Å². The molecule has 1 amide bonds. The maximum atomic E-state index is 12.5. The molecular formula is C22H20N4O4. The minimum absolute atomic E-state index is 0.340. The lowest BCUT2D eigenvalue weighted by molar-refractivity contribution is -0.121. The highest BCUT2D eigenvalue weighted by atomic mass is 16.5. The molecule has 4 rings (SSSR count). The van der Waals surface area contributed by atoms with Crippen LogP contribution >= 0.6 is 0 Å². The molecule has 2 N–H and O–H groups in total. The number of para-hydroxylation sites is 2. The van der Waals surface area contributed by atoms with Crippen LogP contribution in [-0.2, 0) is 11.3 Å². The van der Waals surface area contributed by atoms with Crippen molar-refractivity contribution in [3.63, 3.8) is 0 Å². The van der Waals surface area contributed by atoms with Gasteiger partial charge in [-0.05, 0) is 30.7 Å². The third kappa shape index (κ3) is 4.07. The van der Waals surface area contributed by atoms with Crippen molar-refractivity contribution in [3.05, 3.63) is 81.6 Å². The Bertz CT molecular complexity index is 1320. The van der Waals surface area contributed by atoms with Gasteiger partial charge in [-0.15, -0.1) is 0 Å². The van der Waals surface area contributed by atoms with E-state index in [-0.39, 0.29) is 6.54 Å². The van der Waals surface area contributed by atoms with Crippen molar-refractivity contribution in [3.8, 4) is 5.75 Å². The lowest BCUT2D eigenvalue weighted by atomic mass is 10.2. The molecule has 0 radical (unpaired) electrons. The van der Waals surface area contributed by atoms with Crippen LogP contribution in [0.4, 0.5) is 0 Å². The Balaban J connectivity index is 1.31. The number of aromatic amines is 1. The quantitative estimate of drug-likeness (QED) is 0.457. The molecule has 0 aliphatic carbocycles. The Morgan fingerprint density at radius 3 is 2.80 bits per heavy atom. The minimum atomic E-state index is -0.611. The summed E-state index contributed by atoms with van der Waals surface area (Å²) in [6.45, 7) is 0.414. The first-order valence-corrected chi connectivity index (χ1v) is 9.58. The van der Waals surface area contributed by atoms with Gasteiger partial charge in [-0.3, -0.25) is 19.1 Å². The lowest BCUT2D eigenvalue weighted by Gasteiger charge is -2.10. The summed E-state index contributed by atoms with van der Waals surface area (Å²) in [4.78, 5) is 43.7. The van der Waals surface area contributed by atoms with Gasteiger partial charge in [0.1, 0.15) is 17.8 Å². The number of rotatable bonds is 7. The van der Waals surface area contributed by atoms with Gasteiger partial charge in [0.2, 0.25) is 5.91 Å². The number of carbonyl (C=O) groups excluding carboxylic acids is 1. The summed E-state index contributed by atoms with van der Waals surface area (Å²) in [5, 5.41) is 4.07. The number of carbonyl (C=O) groups is 1. The van der Waals surface area contributed by atoms with Crippen molar-refractivity contribution >= 4 is 27.7 Å². The second kappa shape index (κ2) is 8.60. The van der Waals surface area contributed by atoms with Gasteiger partial charge >= 0.3 is 5.69 Å². The van der Waals surface area contributed by atoms with Crippen LogP contribution < -0.4 is 21.3 Å². The van der Waals surface area contributed by atoms with E-state index in [4.69, 9.17) is 4.74 Å². The highest BCUT2D eigenvalue weighted by molar-refractivity contribution is 5.84. The van der Waals surface area contributed by atoms with Crippen molar-refractivity contribution in [2.24, 2.45) is 0 Å². The van der Waals surface area contributed by atoms with Crippen LogP contribution in [0.25, 0.3) is 21.8 Å². The van der Waals surface area contributed by atoms with E-state index in [1.807, 2.05) is 30.3 Å². The fourth-order valence-electron chi connectivity index (χ4n) is 3.22. The normalized spacial score (nSPS) is 10.9. The van der Waals surface area contributed by atoms with Gasteiger partial charge in [0.15, 0.2) is 0 Å². The zero-order chi connectivity index (χ0) is 20.9. The predicted molar refractivity (Wildman–Crippen MR) is 114 cm³/mol. The maximum Gasteiger partial charge on any atom is 0.329 e. The first kappa shape index (κ1) is 19.4. The number of benzene rings is 2. The molecule has 0 bridgehead atoms. The Hall–Kier alpha value is -3.94. The molecule has 0 spiro atoms. The first-order valence-electron chi connectivity index (χ1n) is 9.58. The van der Waals surface area contributed by atoms with Crippen LogP contribution in [0.2, 0.25) is 0 Å². The van der Waals surface area contributed by atoms with E-state index < -0.39 is 17.2 Å². The maximum absolute atomic E-state index is 12.5. The van der Waals surface area contributed by atoms with Crippen LogP contribution in [-0.4, -0.2) is 33.6 Å². The number of pyridine rings is 1. The number of ether oxygens (including phenoxy) is 1. The Labute approximate surface area is 171 Å². The smallest absolute Gasteiger partial charge is 0.329 e. The number of aromatic nitrogens is 3. The summed E-state index contributed by atoms with van der Waals surface area (Å²) in [6, 6.07) is 16.2. The third-order valence-corrected chi connectivity index (χ3v) is 4.69. The van der Waals surface area contributed by atoms with E-state index in [1.54, 1.807) is 30.5 Å². The molecule has 0 aliphatic rings. The minimum Gasteiger partial charge on any atom is -0.491 e. The standard InChI is InChI=1S/C22H20N4O4/c27-19(14-26-21(28)16-8-1-2-9-17(16)25-22(26)29)23-12-5-13-30-18-10-3-6-15-7-4-11-24-20(15)18/h1-4,6-11H,5,12-14H2,(H,23,27)(H,25,29). The summed E-state index contributed by atoms with van der Waals surface area (Å²) < 4.78 is 6.68. The van der Waals surface area contributed by atoms with Gasteiger partial charge in [0.05, 0.1) is 17.5 Å². The highest BCUT2D eigenvalue weighted by Gasteiger charge is 2.11. The highest BCUT2D eigenvalue weighted by Crippen LogP contribution is 2.22. The van der Waals surface area contributed by atoms with Gasteiger partial charge in [0, 0.05) is 18.1 Å². The summed E-state index contributed by atoms with van der Waals surface area (Å²) in [6.07, 6.45) is 2.28. The summed E-state index contributed by atoms with van der Waals surface area (Å²) in [7, 11) is 0. The zero-order valence-corrected chi connectivity index (χ0v) is 16.1. The molecule has 0 saturated carbocycles. The van der Waals surface area contributed by atoms with Crippen molar-refractivity contribution in [2.75, 3.05) is 13.2 Å². The van der Waals surface area contributed by atoms with Crippen molar-refractivity contribution < 1.29 is 9.53 Å². The number of fused-ring (bicyclic) bond motifs is 2. The Morgan fingerprint density at radius 1 is 1.07 bits per heavy atom. The fraction of sp³-hybridized carbons (Fsp3) is 0.182. The zero-order valence-electron chi connectivity index (χ0n) is 16.1. The van der Waals surface area contributed by atoms with E-state index >= 15 is 0 Å². The molecule has 4 aromatic rings. The van der Waals surface area contributed by atoms with Gasteiger partial charge in [0.25, 0.3) is 5.56 Å². The Kier molecular flexibility index (Phi) is 5.56. The molecule has 2 aromatic carbocycles. The van der Waals surface area contributed by atoms with E-state index in [0.29, 0.717) is 36.2 Å². The monoisotopic (exact) mass is 404 g/mol. The van der Waals surface area contributed by atoms with E-state index in [0.717, 1.165) is 15.5 Å². The first-order chi connectivity index (χ1) is 14.6. The van der Waals surface area contributed by atoms with Crippen molar-refractivity contribution in [2.45, 2.75) is 13.0 Å². The topological polar surface area (TPSA) is 106 Å². The average molecular weight is 404 g/mol. The predicted octanol–water partition coefficient (Wildman–Crippen LogP) is 1.82. The van der Waals surface area contributed by atoms with Gasteiger partial charge < -0.3 is 15.0 Å². The number of hydrogen-bond acceptors (Lipinski definition) is 5. The molecule has 0 aliphatic heterocycles. The largest absolute Gasteiger partial charge is 0.491 e. The molecule has 0 unspecified atom stereocenters. The number of H-pyrrole nitrogens is 1. The second-order valence-corrected chi connectivity index (χ2v) is 6.75. The molecule has 8 nitrogen and oxygen atoms in total. The van der Waals surface area contributed by atoms with Crippen LogP contribution in [0, 0.1) is 0 Å². The fourth-order valence-corrected chi connectivity index (χ4v) is 3.22. The van der Waals surface area contributed by atoms with Crippen molar-refractivity contribution in [1.82, 2.24) is 19.9 Å². The molecule has 2 aromatic heterocycles.